The molecule has 2 aromatic carbocycles. The first kappa shape index (κ1) is 38.8. The number of aliphatic hydroxyl groups is 1. The van der Waals surface area contributed by atoms with E-state index in [9.17, 15) is 18.7 Å². The Morgan fingerprint density at radius 2 is 1.94 bits per heavy atom. The molecule has 0 amide bonds. The van der Waals surface area contributed by atoms with Crippen molar-refractivity contribution in [3.8, 4) is 6.07 Å². The SMILES string of the molecule is CCN(CC)CC(O)CCC(=O)OC(Cn1cncn1)(c1ccc(F)cc1F)C(C)SC1COC(C=CC=Cc2ccc(C#N)cc2F)OC1. The van der Waals surface area contributed by atoms with Gasteiger partial charge in [-0.25, -0.2) is 22.8 Å². The number of hydrogen-bond donors (Lipinski definition) is 1. The molecule has 1 fully saturated rings. The molecule has 2 heterocycles. The molecule has 268 valence electrons. The molecule has 1 aromatic heterocycles. The van der Waals surface area contributed by atoms with Gasteiger partial charge >= 0.3 is 5.97 Å². The van der Waals surface area contributed by atoms with Gasteiger partial charge < -0.3 is 24.2 Å². The first-order valence-corrected chi connectivity index (χ1v) is 17.3. The number of thioether (sulfide) groups is 1. The highest BCUT2D eigenvalue weighted by molar-refractivity contribution is 8.00. The van der Waals surface area contributed by atoms with Gasteiger partial charge in [-0.05, 0) is 56.8 Å². The lowest BCUT2D eigenvalue weighted by Crippen LogP contribution is -2.47. The third-order valence-electron chi connectivity index (χ3n) is 8.32. The van der Waals surface area contributed by atoms with E-state index in [2.05, 4.69) is 10.1 Å². The number of rotatable bonds is 17. The molecule has 3 unspecified atom stereocenters. The molecule has 3 aromatic rings. The smallest absolute Gasteiger partial charge is 0.306 e. The minimum absolute atomic E-state index is 0.0321. The van der Waals surface area contributed by atoms with Crippen LogP contribution in [-0.4, -0.2) is 86.5 Å². The number of allylic oxidation sites excluding steroid dienone is 2. The van der Waals surface area contributed by atoms with Gasteiger partial charge in [-0.3, -0.25) is 4.79 Å². The molecule has 14 heteroatoms. The molecule has 0 saturated carbocycles. The quantitative estimate of drug-likeness (QED) is 0.139. The Morgan fingerprint density at radius 3 is 2.58 bits per heavy atom. The number of likely N-dealkylation sites (N-methyl/N-ethyl adjacent to an activating group) is 1. The zero-order valence-electron chi connectivity index (χ0n) is 28.3. The van der Waals surface area contributed by atoms with E-state index in [1.54, 1.807) is 31.2 Å². The summed E-state index contributed by atoms with van der Waals surface area (Å²) in [5.41, 5.74) is -1.14. The van der Waals surface area contributed by atoms with E-state index < -0.39 is 46.7 Å². The van der Waals surface area contributed by atoms with Crippen LogP contribution in [0.2, 0.25) is 0 Å². The summed E-state index contributed by atoms with van der Waals surface area (Å²) in [7, 11) is 0. The molecule has 50 heavy (non-hydrogen) atoms. The number of esters is 1. The van der Waals surface area contributed by atoms with Crippen molar-refractivity contribution in [3.05, 3.63) is 101 Å². The second-order valence-corrected chi connectivity index (χ2v) is 13.4. The average Bonchev–Trinajstić information content (AvgIpc) is 3.62. The lowest BCUT2D eigenvalue weighted by atomic mass is 9.89. The number of nitriles is 1. The molecular weight excluding hydrogens is 671 g/mol. The lowest BCUT2D eigenvalue weighted by molar-refractivity contribution is -0.164. The summed E-state index contributed by atoms with van der Waals surface area (Å²) in [4.78, 5) is 19.5. The molecule has 0 spiro atoms. The Kier molecular flexibility index (Phi) is 14.6. The Labute approximate surface area is 294 Å². The van der Waals surface area contributed by atoms with Crippen molar-refractivity contribution in [2.24, 2.45) is 0 Å². The highest BCUT2D eigenvalue weighted by Crippen LogP contribution is 2.42. The predicted octanol–water partition coefficient (Wildman–Crippen LogP) is 5.62. The van der Waals surface area contributed by atoms with Crippen LogP contribution >= 0.6 is 11.8 Å². The fraction of sp³-hybridized carbons (Fsp3) is 0.444. The number of ether oxygens (including phenoxy) is 3. The van der Waals surface area contributed by atoms with Crippen LogP contribution < -0.4 is 0 Å². The largest absolute Gasteiger partial charge is 0.451 e. The van der Waals surface area contributed by atoms with Gasteiger partial charge in [0.05, 0.1) is 42.7 Å². The van der Waals surface area contributed by atoms with E-state index in [-0.39, 0.29) is 49.0 Å². The number of carbonyl (C=O) groups excluding carboxylic acids is 1. The van der Waals surface area contributed by atoms with E-state index in [4.69, 9.17) is 19.5 Å². The topological polar surface area (TPSA) is 123 Å². The summed E-state index contributed by atoms with van der Waals surface area (Å²) in [5.74, 6) is -2.83. The van der Waals surface area contributed by atoms with Crippen molar-refractivity contribution in [3.63, 3.8) is 0 Å². The molecule has 4 rings (SSSR count). The average molecular weight is 714 g/mol. The van der Waals surface area contributed by atoms with Gasteiger partial charge in [-0.1, -0.05) is 38.1 Å². The number of benzene rings is 2. The monoisotopic (exact) mass is 713 g/mol. The van der Waals surface area contributed by atoms with Gasteiger partial charge in [0.2, 0.25) is 0 Å². The van der Waals surface area contributed by atoms with Crippen molar-refractivity contribution in [2.45, 2.75) is 68.7 Å². The van der Waals surface area contributed by atoms with Crippen LogP contribution in [0.4, 0.5) is 13.2 Å². The second-order valence-electron chi connectivity index (χ2n) is 11.8. The summed E-state index contributed by atoms with van der Waals surface area (Å²) < 4.78 is 63.3. The molecule has 1 saturated heterocycles. The Morgan fingerprint density at radius 1 is 1.18 bits per heavy atom. The summed E-state index contributed by atoms with van der Waals surface area (Å²) in [6.45, 7) is 8.02. The van der Waals surface area contributed by atoms with E-state index in [0.29, 0.717) is 12.1 Å². The van der Waals surface area contributed by atoms with Crippen LogP contribution in [0.3, 0.4) is 0 Å². The fourth-order valence-corrected chi connectivity index (χ4v) is 6.90. The van der Waals surface area contributed by atoms with Crippen molar-refractivity contribution < 1.29 is 37.3 Å². The van der Waals surface area contributed by atoms with Gasteiger partial charge in [0.15, 0.2) is 11.9 Å². The molecule has 1 N–H and O–H groups in total. The standard InChI is InChI=1S/C36H42F3N5O5S/c1-4-43(5-2)19-29(45)13-15-34(46)49-36(22-44-24-41-23-42-44,31-14-12-28(37)17-33(31)39)25(3)50-30-20-47-35(48-21-30)9-7-6-8-27-11-10-26(18-40)16-32(27)38/h6-12,14,16-17,23-25,29-30,35,45H,4-5,13,15,19-22H2,1-3H3. The van der Waals surface area contributed by atoms with Crippen LogP contribution in [0.15, 0.2) is 67.3 Å². The molecule has 1 aliphatic rings. The molecule has 0 bridgehead atoms. The van der Waals surface area contributed by atoms with Gasteiger partial charge in [-0.15, -0.1) is 11.8 Å². The Bertz CT molecular complexity index is 1640. The van der Waals surface area contributed by atoms with E-state index >= 15 is 4.39 Å². The number of hydrogen-bond acceptors (Lipinski definition) is 10. The van der Waals surface area contributed by atoms with Crippen LogP contribution in [0.5, 0.6) is 0 Å². The summed E-state index contributed by atoms with van der Waals surface area (Å²) >= 11 is 1.36. The highest BCUT2D eigenvalue weighted by atomic mass is 32.2. The third kappa shape index (κ3) is 10.7. The first-order valence-electron chi connectivity index (χ1n) is 16.4. The summed E-state index contributed by atoms with van der Waals surface area (Å²) in [6, 6.07) is 9.24. The Balaban J connectivity index is 1.48. The van der Waals surface area contributed by atoms with Gasteiger partial charge in [0.1, 0.15) is 30.1 Å². The first-order chi connectivity index (χ1) is 24.1. The minimum atomic E-state index is -1.67. The van der Waals surface area contributed by atoms with Crippen molar-refractivity contribution in [1.82, 2.24) is 19.7 Å². The zero-order chi connectivity index (χ0) is 36.1. The number of nitrogens with zero attached hydrogens (tertiary/aromatic N) is 5. The van der Waals surface area contributed by atoms with E-state index in [0.717, 1.165) is 25.2 Å². The maximum Gasteiger partial charge on any atom is 0.306 e. The van der Waals surface area contributed by atoms with Gasteiger partial charge in [-0.2, -0.15) is 10.4 Å². The van der Waals surface area contributed by atoms with Gasteiger partial charge in [0.25, 0.3) is 0 Å². The molecule has 0 radical (unpaired) electrons. The van der Waals surface area contributed by atoms with Crippen LogP contribution in [0, 0.1) is 28.8 Å². The zero-order valence-corrected chi connectivity index (χ0v) is 29.1. The van der Waals surface area contributed by atoms with Crippen LogP contribution in [-0.2, 0) is 31.2 Å². The summed E-state index contributed by atoms with van der Waals surface area (Å²) in [5, 5.41) is 22.8. The molecule has 3 atom stereocenters. The summed E-state index contributed by atoms with van der Waals surface area (Å²) in [6.07, 6.45) is 7.82. The minimum Gasteiger partial charge on any atom is -0.451 e. The number of aliphatic hydroxyl groups excluding tert-OH is 1. The normalized spacial score (nSPS) is 19.0. The molecule has 10 nitrogen and oxygen atoms in total. The van der Waals surface area contributed by atoms with Gasteiger partial charge in [0, 0.05) is 35.4 Å². The number of carbonyl (C=O) groups is 1. The number of aromatic nitrogens is 3. The van der Waals surface area contributed by atoms with Crippen molar-refractivity contribution >= 4 is 23.8 Å². The van der Waals surface area contributed by atoms with E-state index in [1.807, 2.05) is 24.8 Å². The van der Waals surface area contributed by atoms with Crippen LogP contribution in [0.25, 0.3) is 6.08 Å². The van der Waals surface area contributed by atoms with Crippen molar-refractivity contribution in [1.29, 1.82) is 5.26 Å². The molecule has 1 aliphatic heterocycles. The molecule has 0 aliphatic carbocycles. The van der Waals surface area contributed by atoms with Crippen molar-refractivity contribution in [2.75, 3.05) is 32.8 Å². The Hall–Kier alpha value is -4.00. The maximum atomic E-state index is 15.6. The lowest BCUT2D eigenvalue weighted by Gasteiger charge is -2.40. The van der Waals surface area contributed by atoms with Crippen LogP contribution in [0.1, 0.15) is 50.3 Å². The van der Waals surface area contributed by atoms with E-state index in [1.165, 1.54) is 53.4 Å². The number of halogens is 3. The predicted molar refractivity (Wildman–Crippen MR) is 183 cm³/mol. The maximum absolute atomic E-state index is 15.6. The fourth-order valence-electron chi connectivity index (χ4n) is 5.54. The third-order valence-corrected chi connectivity index (χ3v) is 9.77. The highest BCUT2D eigenvalue weighted by Gasteiger charge is 2.46. The molecular formula is C36H42F3N5O5S. The second kappa shape index (κ2) is 18.8.